The van der Waals surface area contributed by atoms with Gasteiger partial charge < -0.3 is 4.90 Å². The van der Waals surface area contributed by atoms with Gasteiger partial charge in [0.15, 0.2) is 0 Å². The van der Waals surface area contributed by atoms with Gasteiger partial charge in [0.2, 0.25) is 15.9 Å². The summed E-state index contributed by atoms with van der Waals surface area (Å²) in [6.07, 6.45) is 0.474. The number of aryl methyl sites for hydroxylation is 1. The highest BCUT2D eigenvalue weighted by Gasteiger charge is 2.32. The predicted octanol–water partition coefficient (Wildman–Crippen LogP) is 1.11. The number of carbonyl (C=O) groups is 1. The monoisotopic (exact) mass is 310 g/mol. The molecule has 0 aromatic heterocycles. The number of rotatable bonds is 5. The van der Waals surface area contributed by atoms with Crippen LogP contribution in [0.25, 0.3) is 0 Å². The summed E-state index contributed by atoms with van der Waals surface area (Å²) in [5, 5.41) is 0. The van der Waals surface area contributed by atoms with E-state index in [2.05, 4.69) is 0 Å². The lowest BCUT2D eigenvalue weighted by Gasteiger charge is -2.36. The Morgan fingerprint density at radius 3 is 2.38 bits per heavy atom. The second kappa shape index (κ2) is 6.58. The molecule has 1 fully saturated rings. The van der Waals surface area contributed by atoms with Crippen molar-refractivity contribution in [3.8, 4) is 0 Å². The van der Waals surface area contributed by atoms with Gasteiger partial charge in [-0.3, -0.25) is 4.79 Å². The van der Waals surface area contributed by atoms with Gasteiger partial charge in [0.25, 0.3) is 0 Å². The Hall–Kier alpha value is -1.40. The standard InChI is InChI=1S/C15H22N2O3S/c1-13(2)17-10-9-16(12-15(17)18)21(19,20)11-8-14-6-4-3-5-7-14/h3-7,13H,8-12H2,1-2H3. The van der Waals surface area contributed by atoms with E-state index in [1.807, 2.05) is 44.2 Å². The molecule has 2 rings (SSSR count). The second-order valence-electron chi connectivity index (χ2n) is 5.57. The number of piperazine rings is 1. The highest BCUT2D eigenvalue weighted by molar-refractivity contribution is 7.89. The highest BCUT2D eigenvalue weighted by atomic mass is 32.2. The summed E-state index contributed by atoms with van der Waals surface area (Å²) in [7, 11) is -3.38. The molecule has 1 aromatic carbocycles. The summed E-state index contributed by atoms with van der Waals surface area (Å²) >= 11 is 0. The lowest BCUT2D eigenvalue weighted by atomic mass is 10.2. The number of sulfonamides is 1. The Balaban J connectivity index is 1.96. The average Bonchev–Trinajstić information content (AvgIpc) is 2.46. The van der Waals surface area contributed by atoms with Crippen LogP contribution in [-0.4, -0.2) is 55.0 Å². The van der Waals surface area contributed by atoms with Crippen molar-refractivity contribution >= 4 is 15.9 Å². The van der Waals surface area contributed by atoms with E-state index in [4.69, 9.17) is 0 Å². The van der Waals surface area contributed by atoms with Crippen molar-refractivity contribution in [1.82, 2.24) is 9.21 Å². The number of hydrogen-bond acceptors (Lipinski definition) is 3. The quantitative estimate of drug-likeness (QED) is 0.818. The van der Waals surface area contributed by atoms with Gasteiger partial charge in [-0.2, -0.15) is 4.31 Å². The van der Waals surface area contributed by atoms with Crippen LogP contribution >= 0.6 is 0 Å². The fourth-order valence-electron chi connectivity index (χ4n) is 2.47. The molecule has 1 saturated heterocycles. The van der Waals surface area contributed by atoms with E-state index >= 15 is 0 Å². The molecule has 0 atom stereocenters. The van der Waals surface area contributed by atoms with Crippen LogP contribution in [0.15, 0.2) is 30.3 Å². The van der Waals surface area contributed by atoms with Crippen molar-refractivity contribution in [2.75, 3.05) is 25.4 Å². The van der Waals surface area contributed by atoms with Gasteiger partial charge in [0.1, 0.15) is 0 Å². The Bertz CT molecular complexity index is 584. The fraction of sp³-hybridized carbons (Fsp3) is 0.533. The molecule has 0 radical (unpaired) electrons. The first-order chi connectivity index (χ1) is 9.90. The average molecular weight is 310 g/mol. The first-order valence-corrected chi connectivity index (χ1v) is 8.82. The third kappa shape index (κ3) is 4.04. The molecule has 1 aromatic rings. The number of amides is 1. The largest absolute Gasteiger partial charge is 0.338 e. The van der Waals surface area contributed by atoms with Crippen molar-refractivity contribution in [3.05, 3.63) is 35.9 Å². The minimum atomic E-state index is -3.38. The molecule has 0 aliphatic carbocycles. The third-order valence-corrected chi connectivity index (χ3v) is 5.55. The summed E-state index contributed by atoms with van der Waals surface area (Å²) in [6, 6.07) is 9.64. The van der Waals surface area contributed by atoms with E-state index in [0.717, 1.165) is 5.56 Å². The predicted molar refractivity (Wildman–Crippen MR) is 82.4 cm³/mol. The Labute approximate surface area is 126 Å². The van der Waals surface area contributed by atoms with Gasteiger partial charge in [-0.25, -0.2) is 8.42 Å². The zero-order valence-electron chi connectivity index (χ0n) is 12.5. The van der Waals surface area contributed by atoms with Crippen molar-refractivity contribution in [1.29, 1.82) is 0 Å². The van der Waals surface area contributed by atoms with Gasteiger partial charge in [0, 0.05) is 19.1 Å². The van der Waals surface area contributed by atoms with Crippen molar-refractivity contribution in [2.24, 2.45) is 0 Å². The van der Waals surface area contributed by atoms with Gasteiger partial charge in [-0.05, 0) is 25.8 Å². The van der Waals surface area contributed by atoms with E-state index in [1.165, 1.54) is 4.31 Å². The molecule has 5 nitrogen and oxygen atoms in total. The zero-order valence-corrected chi connectivity index (χ0v) is 13.3. The lowest BCUT2D eigenvalue weighted by Crippen LogP contribution is -2.54. The molecule has 1 heterocycles. The molecule has 6 heteroatoms. The molecule has 1 amide bonds. The summed E-state index contributed by atoms with van der Waals surface area (Å²) < 4.78 is 26.0. The van der Waals surface area contributed by atoms with Crippen LogP contribution < -0.4 is 0 Å². The number of benzene rings is 1. The molecule has 1 aliphatic rings. The summed E-state index contributed by atoms with van der Waals surface area (Å²) in [4.78, 5) is 13.7. The topological polar surface area (TPSA) is 57.7 Å². The van der Waals surface area contributed by atoms with Crippen molar-refractivity contribution in [2.45, 2.75) is 26.3 Å². The third-order valence-electron chi connectivity index (χ3n) is 3.73. The first-order valence-electron chi connectivity index (χ1n) is 7.21. The molecule has 0 spiro atoms. The van der Waals surface area contributed by atoms with Crippen LogP contribution in [0, 0.1) is 0 Å². The van der Waals surface area contributed by atoms with Crippen LogP contribution in [0.1, 0.15) is 19.4 Å². The minimum Gasteiger partial charge on any atom is -0.338 e. The van der Waals surface area contributed by atoms with E-state index in [9.17, 15) is 13.2 Å². The second-order valence-corrected chi connectivity index (χ2v) is 7.65. The van der Waals surface area contributed by atoms with Crippen LogP contribution in [0.4, 0.5) is 0 Å². The molecule has 21 heavy (non-hydrogen) atoms. The molecule has 0 N–H and O–H groups in total. The van der Waals surface area contributed by atoms with Crippen LogP contribution in [0.5, 0.6) is 0 Å². The maximum Gasteiger partial charge on any atom is 0.238 e. The summed E-state index contributed by atoms with van der Waals surface area (Å²) in [6.45, 7) is 4.71. The maximum absolute atomic E-state index is 12.3. The smallest absolute Gasteiger partial charge is 0.238 e. The number of nitrogens with zero attached hydrogens (tertiary/aromatic N) is 2. The van der Waals surface area contributed by atoms with E-state index < -0.39 is 10.0 Å². The van der Waals surface area contributed by atoms with E-state index in [1.54, 1.807) is 4.90 Å². The molecular formula is C15H22N2O3S. The van der Waals surface area contributed by atoms with Gasteiger partial charge >= 0.3 is 0 Å². The lowest BCUT2D eigenvalue weighted by molar-refractivity contribution is -0.135. The SMILES string of the molecule is CC(C)N1CCN(S(=O)(=O)CCc2ccccc2)CC1=O. The van der Waals surface area contributed by atoms with Gasteiger partial charge in [-0.15, -0.1) is 0 Å². The van der Waals surface area contributed by atoms with Gasteiger partial charge in [0.05, 0.1) is 12.3 Å². The van der Waals surface area contributed by atoms with Crippen molar-refractivity contribution in [3.63, 3.8) is 0 Å². The van der Waals surface area contributed by atoms with E-state index in [0.29, 0.717) is 19.5 Å². The molecular weight excluding hydrogens is 288 g/mol. The fourth-order valence-corrected chi connectivity index (χ4v) is 3.89. The molecule has 0 saturated carbocycles. The Morgan fingerprint density at radius 2 is 1.81 bits per heavy atom. The highest BCUT2D eigenvalue weighted by Crippen LogP contribution is 2.13. The van der Waals surface area contributed by atoms with Gasteiger partial charge in [-0.1, -0.05) is 30.3 Å². The minimum absolute atomic E-state index is 0.0324. The maximum atomic E-state index is 12.3. The number of carbonyl (C=O) groups excluding carboxylic acids is 1. The van der Waals surface area contributed by atoms with Crippen LogP contribution in [-0.2, 0) is 21.2 Å². The van der Waals surface area contributed by atoms with E-state index in [-0.39, 0.29) is 24.2 Å². The number of hydrogen-bond donors (Lipinski definition) is 0. The molecule has 116 valence electrons. The first kappa shape index (κ1) is 16.0. The summed E-state index contributed by atoms with van der Waals surface area (Å²) in [5.41, 5.74) is 0.994. The zero-order chi connectivity index (χ0) is 15.5. The molecule has 1 aliphatic heterocycles. The Morgan fingerprint density at radius 1 is 1.14 bits per heavy atom. The normalized spacial score (nSPS) is 17.5. The molecule has 0 bridgehead atoms. The van der Waals surface area contributed by atoms with Crippen LogP contribution in [0.3, 0.4) is 0 Å². The summed E-state index contributed by atoms with van der Waals surface area (Å²) in [5.74, 6) is -0.0639. The van der Waals surface area contributed by atoms with Crippen molar-refractivity contribution < 1.29 is 13.2 Å². The van der Waals surface area contributed by atoms with Crippen LogP contribution in [0.2, 0.25) is 0 Å². The molecule has 0 unspecified atom stereocenters. The Kier molecular flexibility index (Phi) is 5.00.